The molecule has 3 aromatic heterocycles. The number of aromatic nitrogens is 3. The Labute approximate surface area is 264 Å². The standard InChI is InChI=1S/C39H23N3OS/c1-3-10-24(11-4-1)26-19-21-33-32(22-26)28-20-18-27(23-34(28)43-33)38-40-37(25-12-5-2-6-13-25)41-39(42-38)31-16-9-15-30-29-14-7-8-17-35(29)44-36(30)31/h1-23H/i1D,3D,4D,10D,11D. The molecular weight excluding hydrogens is 559 g/mol. The molecule has 0 atom stereocenters. The van der Waals surface area contributed by atoms with E-state index in [1.54, 1.807) is 23.5 Å². The van der Waals surface area contributed by atoms with Crippen LogP contribution in [0, 0.1) is 0 Å². The van der Waals surface area contributed by atoms with Gasteiger partial charge in [-0.05, 0) is 47.5 Å². The Balaban J connectivity index is 1.21. The smallest absolute Gasteiger partial charge is 0.165 e. The summed E-state index contributed by atoms with van der Waals surface area (Å²) >= 11 is 1.73. The lowest BCUT2D eigenvalue weighted by molar-refractivity contribution is 0.669. The number of hydrogen-bond donors (Lipinski definition) is 0. The van der Waals surface area contributed by atoms with Gasteiger partial charge in [-0.15, -0.1) is 11.3 Å². The normalized spacial score (nSPS) is 13.2. The lowest BCUT2D eigenvalue weighted by Crippen LogP contribution is -2.00. The van der Waals surface area contributed by atoms with Crippen LogP contribution in [0.1, 0.15) is 6.85 Å². The molecule has 3 heterocycles. The van der Waals surface area contributed by atoms with Crippen molar-refractivity contribution in [2.75, 3.05) is 0 Å². The van der Waals surface area contributed by atoms with Crippen molar-refractivity contribution in [1.29, 1.82) is 0 Å². The minimum atomic E-state index is -0.418. The Kier molecular flexibility index (Phi) is 4.60. The average molecular weight is 587 g/mol. The Bertz CT molecular complexity index is 2770. The van der Waals surface area contributed by atoms with Crippen LogP contribution in [0.25, 0.3) is 87.4 Å². The van der Waals surface area contributed by atoms with Crippen molar-refractivity contribution in [2.24, 2.45) is 0 Å². The predicted octanol–water partition coefficient (Wildman–Crippen LogP) is 10.8. The van der Waals surface area contributed by atoms with Crippen molar-refractivity contribution in [1.82, 2.24) is 15.0 Å². The molecule has 6 aromatic carbocycles. The molecule has 0 unspecified atom stereocenters. The van der Waals surface area contributed by atoms with Crippen LogP contribution in [0.3, 0.4) is 0 Å². The molecule has 0 saturated carbocycles. The largest absolute Gasteiger partial charge is 0.456 e. The molecule has 0 aliphatic heterocycles. The van der Waals surface area contributed by atoms with Crippen LogP contribution in [-0.4, -0.2) is 15.0 Å². The summed E-state index contributed by atoms with van der Waals surface area (Å²) in [5, 5.41) is 3.95. The second-order valence-electron chi connectivity index (χ2n) is 10.5. The molecule has 0 saturated heterocycles. The van der Waals surface area contributed by atoms with Crippen LogP contribution < -0.4 is 0 Å². The third-order valence-corrected chi connectivity index (χ3v) is 9.05. The molecule has 0 aliphatic rings. The maximum absolute atomic E-state index is 8.45. The summed E-state index contributed by atoms with van der Waals surface area (Å²) in [6.45, 7) is 0. The van der Waals surface area contributed by atoms with Crippen LogP contribution in [0.5, 0.6) is 0 Å². The molecule has 0 N–H and O–H groups in total. The summed E-state index contributed by atoms with van der Waals surface area (Å²) in [7, 11) is 0. The summed E-state index contributed by atoms with van der Waals surface area (Å²) in [5.74, 6) is 1.64. The minimum Gasteiger partial charge on any atom is -0.456 e. The highest BCUT2D eigenvalue weighted by atomic mass is 32.1. The molecule has 44 heavy (non-hydrogen) atoms. The van der Waals surface area contributed by atoms with Gasteiger partial charge in [-0.25, -0.2) is 15.0 Å². The summed E-state index contributed by atoms with van der Waals surface area (Å²) in [6, 6.07) is 33.9. The van der Waals surface area contributed by atoms with E-state index in [-0.39, 0.29) is 29.7 Å². The zero-order chi connectivity index (χ0) is 33.4. The van der Waals surface area contributed by atoms with Gasteiger partial charge in [-0.3, -0.25) is 0 Å². The van der Waals surface area contributed by atoms with Gasteiger partial charge in [-0.2, -0.15) is 0 Å². The molecular formula is C39H23N3OS. The number of thiophene rings is 1. The molecule has 9 aromatic rings. The maximum atomic E-state index is 8.45. The van der Waals surface area contributed by atoms with Crippen molar-refractivity contribution >= 4 is 53.4 Å². The average Bonchev–Trinajstić information content (AvgIpc) is 3.71. The van der Waals surface area contributed by atoms with Crippen LogP contribution in [0.2, 0.25) is 0 Å². The van der Waals surface area contributed by atoms with E-state index in [0.717, 1.165) is 37.5 Å². The van der Waals surface area contributed by atoms with E-state index in [0.29, 0.717) is 34.2 Å². The van der Waals surface area contributed by atoms with Gasteiger partial charge in [0.1, 0.15) is 11.2 Å². The fraction of sp³-hybridized carbons (Fsp3) is 0. The first-order chi connectivity index (χ1) is 23.9. The van der Waals surface area contributed by atoms with E-state index < -0.39 is 6.04 Å². The minimum absolute atomic E-state index is 0.152. The molecule has 0 radical (unpaired) electrons. The molecule has 5 heteroatoms. The van der Waals surface area contributed by atoms with Gasteiger partial charge in [0.25, 0.3) is 0 Å². The summed E-state index contributed by atoms with van der Waals surface area (Å²) in [5.41, 5.74) is 4.45. The van der Waals surface area contributed by atoms with Gasteiger partial charge >= 0.3 is 0 Å². The highest BCUT2D eigenvalue weighted by Gasteiger charge is 2.17. The van der Waals surface area contributed by atoms with E-state index in [4.69, 9.17) is 26.2 Å². The first-order valence-electron chi connectivity index (χ1n) is 16.6. The third-order valence-electron chi connectivity index (χ3n) is 7.83. The Morgan fingerprint density at radius 2 is 1.25 bits per heavy atom. The van der Waals surface area contributed by atoms with Gasteiger partial charge in [0.05, 0.1) is 6.85 Å². The predicted molar refractivity (Wildman–Crippen MR) is 182 cm³/mol. The lowest BCUT2D eigenvalue weighted by Gasteiger charge is -2.09. The van der Waals surface area contributed by atoms with E-state index >= 15 is 0 Å². The van der Waals surface area contributed by atoms with E-state index in [1.165, 1.54) is 10.1 Å². The van der Waals surface area contributed by atoms with Gasteiger partial charge in [0, 0.05) is 47.6 Å². The van der Waals surface area contributed by atoms with E-state index in [1.807, 2.05) is 60.7 Å². The number of hydrogen-bond acceptors (Lipinski definition) is 5. The van der Waals surface area contributed by atoms with Crippen LogP contribution in [0.4, 0.5) is 0 Å². The number of nitrogens with zero attached hydrogens (tertiary/aromatic N) is 3. The zero-order valence-electron chi connectivity index (χ0n) is 28.1. The van der Waals surface area contributed by atoms with Crippen LogP contribution in [0.15, 0.2) is 144 Å². The molecule has 9 rings (SSSR count). The number of fused-ring (bicyclic) bond motifs is 6. The fourth-order valence-corrected chi connectivity index (χ4v) is 6.94. The molecule has 4 nitrogen and oxygen atoms in total. The monoisotopic (exact) mass is 586 g/mol. The van der Waals surface area contributed by atoms with Crippen molar-refractivity contribution in [3.63, 3.8) is 0 Å². The molecule has 0 spiro atoms. The number of furan rings is 1. The van der Waals surface area contributed by atoms with Gasteiger partial charge in [-0.1, -0.05) is 103 Å². The maximum Gasteiger partial charge on any atom is 0.165 e. The summed E-state index contributed by atoms with van der Waals surface area (Å²) < 4.78 is 49.7. The highest BCUT2D eigenvalue weighted by Crippen LogP contribution is 2.40. The molecule has 0 fully saturated rings. The first-order valence-corrected chi connectivity index (χ1v) is 14.9. The van der Waals surface area contributed by atoms with Crippen molar-refractivity contribution in [3.05, 3.63) is 139 Å². The second-order valence-corrected chi connectivity index (χ2v) is 11.5. The SMILES string of the molecule is [2H]c1c([2H])c([2H])c(-c2ccc3oc4cc(-c5nc(-c6ccccc6)nc(-c6cccc7c6sc6ccccc67)n5)ccc4c3c2)c([2H])c1[2H]. The molecule has 0 amide bonds. The summed E-state index contributed by atoms with van der Waals surface area (Å²) in [4.78, 5) is 14.9. The first kappa shape index (κ1) is 20.3. The molecule has 0 aliphatic carbocycles. The van der Waals surface area contributed by atoms with E-state index in [2.05, 4.69) is 36.4 Å². The van der Waals surface area contributed by atoms with Crippen LogP contribution in [-0.2, 0) is 0 Å². The Morgan fingerprint density at radius 3 is 2.14 bits per heavy atom. The fourth-order valence-electron chi connectivity index (χ4n) is 5.73. The van der Waals surface area contributed by atoms with Crippen molar-refractivity contribution in [3.8, 4) is 45.3 Å². The molecule has 206 valence electrons. The second kappa shape index (κ2) is 9.97. The third kappa shape index (κ3) is 4.09. The Morgan fingerprint density at radius 1 is 0.500 bits per heavy atom. The summed E-state index contributed by atoms with van der Waals surface area (Å²) in [6.07, 6.45) is 0. The van der Waals surface area contributed by atoms with Crippen molar-refractivity contribution < 1.29 is 11.3 Å². The lowest BCUT2D eigenvalue weighted by atomic mass is 10.0. The van der Waals surface area contributed by atoms with Crippen molar-refractivity contribution in [2.45, 2.75) is 0 Å². The molecule has 0 bridgehead atoms. The van der Waals surface area contributed by atoms with Gasteiger partial charge < -0.3 is 4.42 Å². The van der Waals surface area contributed by atoms with Crippen LogP contribution >= 0.6 is 11.3 Å². The quantitative estimate of drug-likeness (QED) is 0.206. The van der Waals surface area contributed by atoms with Gasteiger partial charge in [0.15, 0.2) is 17.5 Å². The number of rotatable bonds is 4. The zero-order valence-corrected chi connectivity index (χ0v) is 23.9. The number of benzene rings is 6. The highest BCUT2D eigenvalue weighted by molar-refractivity contribution is 7.26. The topological polar surface area (TPSA) is 51.8 Å². The van der Waals surface area contributed by atoms with E-state index in [9.17, 15) is 0 Å². The van der Waals surface area contributed by atoms with Gasteiger partial charge in [0.2, 0.25) is 0 Å². The Hall–Kier alpha value is -5.65.